The lowest BCUT2D eigenvalue weighted by Crippen LogP contribution is -2.19. The summed E-state index contributed by atoms with van der Waals surface area (Å²) in [6.07, 6.45) is -4.39. The van der Waals surface area contributed by atoms with E-state index in [1.807, 2.05) is 0 Å². The van der Waals surface area contributed by atoms with Gasteiger partial charge in [0.25, 0.3) is 5.91 Å². The molecule has 0 aliphatic rings. The molecule has 26 heavy (non-hydrogen) atoms. The second-order valence-electron chi connectivity index (χ2n) is 5.06. The molecule has 2 heterocycles. The van der Waals surface area contributed by atoms with Crippen LogP contribution in [-0.4, -0.2) is 33.9 Å². The van der Waals surface area contributed by atoms with Crippen molar-refractivity contribution in [3.63, 3.8) is 0 Å². The predicted octanol–water partition coefficient (Wildman–Crippen LogP) is 3.79. The van der Waals surface area contributed by atoms with Crippen LogP contribution in [0.2, 0.25) is 0 Å². The molecule has 0 fully saturated rings. The molecule has 3 rings (SSSR count). The number of amides is 1. The molecule has 6 nitrogen and oxygen atoms in total. The quantitative estimate of drug-likeness (QED) is 0.729. The SMILES string of the molecule is O=C(Nc1ccc(-c2ccc(OCC(F)(F)F)cc2)nn1)c1cscn1. The average Bonchev–Trinajstić information content (AvgIpc) is 3.15. The van der Waals surface area contributed by atoms with Gasteiger partial charge in [0, 0.05) is 10.9 Å². The second kappa shape index (κ2) is 7.48. The zero-order chi connectivity index (χ0) is 18.6. The highest BCUT2D eigenvalue weighted by Crippen LogP contribution is 2.23. The Morgan fingerprint density at radius 2 is 1.88 bits per heavy atom. The molecule has 0 spiro atoms. The number of benzene rings is 1. The van der Waals surface area contributed by atoms with Crippen molar-refractivity contribution in [3.05, 3.63) is 53.0 Å². The van der Waals surface area contributed by atoms with Gasteiger partial charge in [-0.15, -0.1) is 21.5 Å². The Morgan fingerprint density at radius 3 is 2.46 bits per heavy atom. The van der Waals surface area contributed by atoms with Crippen LogP contribution in [-0.2, 0) is 0 Å². The molecule has 10 heteroatoms. The van der Waals surface area contributed by atoms with Crippen LogP contribution in [0.4, 0.5) is 19.0 Å². The summed E-state index contributed by atoms with van der Waals surface area (Å²) in [4.78, 5) is 15.8. The van der Waals surface area contributed by atoms with Crippen LogP contribution in [0.5, 0.6) is 5.75 Å². The summed E-state index contributed by atoms with van der Waals surface area (Å²) in [6.45, 7) is -1.35. The molecule has 0 saturated heterocycles. The summed E-state index contributed by atoms with van der Waals surface area (Å²) in [5.74, 6) is -0.0254. The van der Waals surface area contributed by atoms with Gasteiger partial charge in [-0.1, -0.05) is 0 Å². The van der Waals surface area contributed by atoms with E-state index in [4.69, 9.17) is 0 Å². The molecule has 2 aromatic heterocycles. The van der Waals surface area contributed by atoms with Gasteiger partial charge >= 0.3 is 6.18 Å². The number of thiazole rings is 1. The zero-order valence-corrected chi connectivity index (χ0v) is 13.8. The minimum Gasteiger partial charge on any atom is -0.484 e. The van der Waals surface area contributed by atoms with Gasteiger partial charge in [-0.3, -0.25) is 4.79 Å². The van der Waals surface area contributed by atoms with E-state index < -0.39 is 12.8 Å². The van der Waals surface area contributed by atoms with Gasteiger partial charge in [-0.05, 0) is 36.4 Å². The Bertz CT molecular complexity index is 866. The molecule has 0 atom stereocenters. The topological polar surface area (TPSA) is 77.0 Å². The molecule has 3 aromatic rings. The first-order chi connectivity index (χ1) is 12.4. The summed E-state index contributed by atoms with van der Waals surface area (Å²) in [7, 11) is 0. The van der Waals surface area contributed by atoms with E-state index in [1.54, 1.807) is 35.2 Å². The highest BCUT2D eigenvalue weighted by Gasteiger charge is 2.28. The Hall–Kier alpha value is -3.01. The lowest BCUT2D eigenvalue weighted by Gasteiger charge is -2.09. The van der Waals surface area contributed by atoms with Crippen LogP contribution in [0.1, 0.15) is 10.5 Å². The molecule has 1 N–H and O–H groups in total. The van der Waals surface area contributed by atoms with Crippen molar-refractivity contribution in [2.75, 3.05) is 11.9 Å². The molecule has 0 radical (unpaired) electrons. The molecule has 0 aliphatic heterocycles. The highest BCUT2D eigenvalue weighted by atomic mass is 32.1. The smallest absolute Gasteiger partial charge is 0.422 e. The normalized spacial score (nSPS) is 11.2. The van der Waals surface area contributed by atoms with Gasteiger partial charge in [0.1, 0.15) is 11.4 Å². The molecular formula is C16H11F3N4O2S. The molecule has 0 unspecified atom stereocenters. The molecular weight excluding hydrogens is 369 g/mol. The number of hydrogen-bond donors (Lipinski definition) is 1. The number of carbonyl (C=O) groups is 1. The van der Waals surface area contributed by atoms with Crippen LogP contribution in [0.3, 0.4) is 0 Å². The number of nitrogens with zero attached hydrogens (tertiary/aromatic N) is 3. The van der Waals surface area contributed by atoms with E-state index in [0.717, 1.165) is 0 Å². The van der Waals surface area contributed by atoms with Gasteiger partial charge in [-0.2, -0.15) is 13.2 Å². The summed E-state index contributed by atoms with van der Waals surface area (Å²) in [5, 5.41) is 12.1. The first-order valence-electron chi connectivity index (χ1n) is 7.24. The number of ether oxygens (including phenoxy) is 1. The van der Waals surface area contributed by atoms with Crippen molar-refractivity contribution in [2.45, 2.75) is 6.18 Å². The molecule has 1 amide bonds. The first kappa shape index (κ1) is 17.8. The maximum atomic E-state index is 12.1. The van der Waals surface area contributed by atoms with E-state index >= 15 is 0 Å². The minimum absolute atomic E-state index is 0.103. The lowest BCUT2D eigenvalue weighted by atomic mass is 10.1. The van der Waals surface area contributed by atoms with Crippen LogP contribution >= 0.6 is 11.3 Å². The van der Waals surface area contributed by atoms with E-state index in [9.17, 15) is 18.0 Å². The van der Waals surface area contributed by atoms with Crippen molar-refractivity contribution < 1.29 is 22.7 Å². The molecule has 134 valence electrons. The van der Waals surface area contributed by atoms with Crippen LogP contribution in [0.15, 0.2) is 47.3 Å². The second-order valence-corrected chi connectivity index (χ2v) is 5.78. The Kier molecular flexibility index (Phi) is 5.12. The number of anilines is 1. The largest absolute Gasteiger partial charge is 0.484 e. The van der Waals surface area contributed by atoms with Crippen molar-refractivity contribution in [2.24, 2.45) is 0 Å². The van der Waals surface area contributed by atoms with Gasteiger partial charge in [0.2, 0.25) is 0 Å². The third-order valence-corrected chi connectivity index (χ3v) is 3.71. The monoisotopic (exact) mass is 380 g/mol. The van der Waals surface area contributed by atoms with Crippen molar-refractivity contribution >= 4 is 23.1 Å². The number of halogens is 3. The Morgan fingerprint density at radius 1 is 1.12 bits per heavy atom. The van der Waals surface area contributed by atoms with Crippen LogP contribution in [0, 0.1) is 0 Å². The number of carbonyl (C=O) groups excluding carboxylic acids is 1. The first-order valence-corrected chi connectivity index (χ1v) is 8.18. The summed E-state index contributed by atoms with van der Waals surface area (Å²) >= 11 is 1.30. The van der Waals surface area contributed by atoms with Crippen molar-refractivity contribution in [3.8, 4) is 17.0 Å². The van der Waals surface area contributed by atoms with Gasteiger partial charge in [0.05, 0.1) is 11.2 Å². The van der Waals surface area contributed by atoms with E-state index in [0.29, 0.717) is 11.3 Å². The number of alkyl halides is 3. The fraction of sp³-hybridized carbons (Fsp3) is 0.125. The van der Waals surface area contributed by atoms with E-state index in [-0.39, 0.29) is 23.2 Å². The zero-order valence-electron chi connectivity index (χ0n) is 13.0. The third-order valence-electron chi connectivity index (χ3n) is 3.12. The summed E-state index contributed by atoms with van der Waals surface area (Å²) in [6, 6.07) is 9.18. The molecule has 0 saturated carbocycles. The van der Waals surface area contributed by atoms with Crippen molar-refractivity contribution in [1.29, 1.82) is 0 Å². The highest BCUT2D eigenvalue weighted by molar-refractivity contribution is 7.07. The Balaban J connectivity index is 1.64. The lowest BCUT2D eigenvalue weighted by molar-refractivity contribution is -0.153. The summed E-state index contributed by atoms with van der Waals surface area (Å²) in [5.41, 5.74) is 2.98. The number of aromatic nitrogens is 3. The molecule has 0 bridgehead atoms. The van der Waals surface area contributed by atoms with E-state index in [1.165, 1.54) is 23.5 Å². The number of hydrogen-bond acceptors (Lipinski definition) is 6. The van der Waals surface area contributed by atoms with Crippen LogP contribution in [0.25, 0.3) is 11.3 Å². The Labute approximate surface area is 149 Å². The molecule has 1 aromatic carbocycles. The number of rotatable bonds is 5. The maximum absolute atomic E-state index is 12.1. The predicted molar refractivity (Wildman–Crippen MR) is 89.1 cm³/mol. The molecule has 0 aliphatic carbocycles. The van der Waals surface area contributed by atoms with Crippen LogP contribution < -0.4 is 10.1 Å². The maximum Gasteiger partial charge on any atom is 0.422 e. The van der Waals surface area contributed by atoms with Gasteiger partial charge in [0.15, 0.2) is 12.4 Å². The summed E-state index contributed by atoms with van der Waals surface area (Å²) < 4.78 is 41.0. The fourth-order valence-electron chi connectivity index (χ4n) is 1.95. The third kappa shape index (κ3) is 4.76. The van der Waals surface area contributed by atoms with Crippen molar-refractivity contribution in [1.82, 2.24) is 15.2 Å². The standard InChI is InChI=1S/C16H11F3N4O2S/c17-16(18,19)8-25-11-3-1-10(2-4-11)12-5-6-14(23-22-12)21-15(24)13-7-26-9-20-13/h1-7,9H,8H2,(H,21,23,24). The average molecular weight is 380 g/mol. The fourth-order valence-corrected chi connectivity index (χ4v) is 2.48. The number of nitrogens with one attached hydrogen (secondary N) is 1. The van der Waals surface area contributed by atoms with Gasteiger partial charge in [-0.25, -0.2) is 4.98 Å². The van der Waals surface area contributed by atoms with Gasteiger partial charge < -0.3 is 10.1 Å². The minimum atomic E-state index is -4.39. The van der Waals surface area contributed by atoms with E-state index in [2.05, 4.69) is 25.2 Å².